The van der Waals surface area contributed by atoms with E-state index in [0.29, 0.717) is 25.8 Å². The third-order valence-electron chi connectivity index (χ3n) is 4.20. The van der Waals surface area contributed by atoms with E-state index in [1.807, 2.05) is 20.8 Å². The summed E-state index contributed by atoms with van der Waals surface area (Å²) >= 11 is 0. The molecule has 0 radical (unpaired) electrons. The average molecular weight is 328 g/mol. The van der Waals surface area contributed by atoms with E-state index in [2.05, 4.69) is 19.2 Å². The molecule has 0 aliphatic carbocycles. The minimum atomic E-state index is -0.473. The lowest BCUT2D eigenvalue weighted by Gasteiger charge is -2.38. The number of amides is 1. The van der Waals surface area contributed by atoms with Crippen molar-refractivity contribution in [2.75, 3.05) is 26.3 Å². The molecule has 0 saturated carbocycles. The lowest BCUT2D eigenvalue weighted by Crippen LogP contribution is -2.55. The number of carbonyl (C=O) groups excluding carboxylic acids is 1. The molecule has 1 N–H and O–H groups in total. The molecule has 1 amide bonds. The predicted octanol–water partition coefficient (Wildman–Crippen LogP) is 2.17. The molecule has 134 valence electrons. The van der Waals surface area contributed by atoms with Crippen molar-refractivity contribution >= 4 is 6.09 Å². The third-order valence-corrected chi connectivity index (χ3v) is 4.20. The Hall–Kier alpha value is -0.850. The van der Waals surface area contributed by atoms with Crippen LogP contribution in [0.5, 0.6) is 0 Å². The van der Waals surface area contributed by atoms with Crippen LogP contribution >= 0.6 is 0 Å². The summed E-state index contributed by atoms with van der Waals surface area (Å²) in [5, 5.41) is 3.59. The van der Waals surface area contributed by atoms with E-state index in [-0.39, 0.29) is 24.3 Å². The van der Waals surface area contributed by atoms with Gasteiger partial charge in [-0.15, -0.1) is 0 Å². The maximum Gasteiger partial charge on any atom is 0.410 e. The molecule has 3 unspecified atom stereocenters. The normalized spacial score (nSPS) is 32.7. The van der Waals surface area contributed by atoms with Gasteiger partial charge in [0.2, 0.25) is 0 Å². The molecule has 0 aromatic heterocycles. The highest BCUT2D eigenvalue weighted by atomic mass is 16.6. The zero-order valence-corrected chi connectivity index (χ0v) is 15.1. The van der Waals surface area contributed by atoms with Crippen LogP contribution in [0.2, 0.25) is 0 Å². The molecule has 6 heteroatoms. The van der Waals surface area contributed by atoms with Crippen molar-refractivity contribution in [2.45, 2.75) is 77.4 Å². The van der Waals surface area contributed by atoms with E-state index in [0.717, 1.165) is 19.4 Å². The summed E-state index contributed by atoms with van der Waals surface area (Å²) in [6.45, 7) is 12.3. The van der Waals surface area contributed by atoms with Gasteiger partial charge in [-0.2, -0.15) is 0 Å². The lowest BCUT2D eigenvalue weighted by atomic mass is 9.99. The molecular formula is C17H32N2O4. The van der Waals surface area contributed by atoms with Crippen molar-refractivity contribution in [1.29, 1.82) is 0 Å². The second-order valence-electron chi connectivity index (χ2n) is 7.74. The number of hydrogen-bond acceptors (Lipinski definition) is 5. The van der Waals surface area contributed by atoms with Crippen LogP contribution < -0.4 is 5.32 Å². The zero-order valence-electron chi connectivity index (χ0n) is 15.1. The molecule has 0 spiro atoms. The van der Waals surface area contributed by atoms with Crippen LogP contribution in [-0.4, -0.2) is 67.2 Å². The molecule has 23 heavy (non-hydrogen) atoms. The summed E-state index contributed by atoms with van der Waals surface area (Å²) in [7, 11) is 0. The highest BCUT2D eigenvalue weighted by Crippen LogP contribution is 2.20. The van der Waals surface area contributed by atoms with Gasteiger partial charge in [-0.05, 0) is 47.5 Å². The SMILES string of the molecule is CC1CC(NCC2COCCN2C(=O)OC(C)(C)C)CC(C)O1. The average Bonchev–Trinajstić information content (AvgIpc) is 2.42. The van der Waals surface area contributed by atoms with Gasteiger partial charge in [0.1, 0.15) is 5.60 Å². The Morgan fingerprint density at radius 1 is 1.26 bits per heavy atom. The highest BCUT2D eigenvalue weighted by Gasteiger charge is 2.32. The molecule has 3 atom stereocenters. The standard InChI is InChI=1S/C17H32N2O4/c1-12-8-14(9-13(2)22-12)18-10-15-11-21-7-6-19(15)16(20)23-17(3,4)5/h12-15,18H,6-11H2,1-5H3. The van der Waals surface area contributed by atoms with Crippen LogP contribution in [0.1, 0.15) is 47.5 Å². The first kappa shape index (κ1) is 18.5. The Kier molecular flexibility index (Phi) is 6.28. The van der Waals surface area contributed by atoms with Crippen LogP contribution in [0.3, 0.4) is 0 Å². The molecule has 2 aliphatic rings. The summed E-state index contributed by atoms with van der Waals surface area (Å²) in [6.07, 6.45) is 2.32. The van der Waals surface area contributed by atoms with Crippen LogP contribution in [-0.2, 0) is 14.2 Å². The van der Waals surface area contributed by atoms with Gasteiger partial charge in [0.25, 0.3) is 0 Å². The fourth-order valence-corrected chi connectivity index (χ4v) is 3.26. The first-order chi connectivity index (χ1) is 10.7. The van der Waals surface area contributed by atoms with Crippen molar-refractivity contribution in [3.05, 3.63) is 0 Å². The van der Waals surface area contributed by atoms with E-state index in [9.17, 15) is 4.79 Å². The number of nitrogens with zero attached hydrogens (tertiary/aromatic N) is 1. The summed E-state index contributed by atoms with van der Waals surface area (Å²) < 4.78 is 16.9. The lowest BCUT2D eigenvalue weighted by molar-refractivity contribution is -0.0490. The van der Waals surface area contributed by atoms with Crippen molar-refractivity contribution in [1.82, 2.24) is 10.2 Å². The smallest absolute Gasteiger partial charge is 0.410 e. The van der Waals surface area contributed by atoms with Crippen molar-refractivity contribution in [3.63, 3.8) is 0 Å². The third kappa shape index (κ3) is 5.94. The topological polar surface area (TPSA) is 60.0 Å². The molecule has 2 rings (SSSR count). The van der Waals surface area contributed by atoms with E-state index in [1.54, 1.807) is 4.90 Å². The molecule has 2 fully saturated rings. The van der Waals surface area contributed by atoms with E-state index < -0.39 is 5.60 Å². The molecule has 0 aromatic rings. The minimum absolute atomic E-state index is 0.0204. The van der Waals surface area contributed by atoms with Gasteiger partial charge >= 0.3 is 6.09 Å². The fourth-order valence-electron chi connectivity index (χ4n) is 3.26. The van der Waals surface area contributed by atoms with Crippen molar-refractivity contribution in [2.24, 2.45) is 0 Å². The second-order valence-corrected chi connectivity index (χ2v) is 7.74. The molecular weight excluding hydrogens is 296 g/mol. The van der Waals surface area contributed by atoms with Crippen molar-refractivity contribution < 1.29 is 19.0 Å². The molecule has 2 saturated heterocycles. The molecule has 0 bridgehead atoms. The highest BCUT2D eigenvalue weighted by molar-refractivity contribution is 5.68. The summed E-state index contributed by atoms with van der Waals surface area (Å²) in [5.74, 6) is 0. The number of rotatable bonds is 3. The zero-order chi connectivity index (χ0) is 17.0. The van der Waals surface area contributed by atoms with Gasteiger partial charge in [-0.3, -0.25) is 4.90 Å². The number of nitrogens with one attached hydrogen (secondary N) is 1. The largest absolute Gasteiger partial charge is 0.444 e. The Balaban J connectivity index is 1.87. The van der Waals surface area contributed by atoms with Crippen LogP contribution in [0.15, 0.2) is 0 Å². The van der Waals surface area contributed by atoms with Crippen LogP contribution in [0, 0.1) is 0 Å². The van der Waals surface area contributed by atoms with Crippen molar-refractivity contribution in [3.8, 4) is 0 Å². The van der Waals surface area contributed by atoms with Gasteiger partial charge in [-0.25, -0.2) is 4.79 Å². The summed E-state index contributed by atoms with van der Waals surface area (Å²) in [4.78, 5) is 14.2. The quantitative estimate of drug-likeness (QED) is 0.860. The molecule has 2 aliphatic heterocycles. The van der Waals surface area contributed by atoms with E-state index >= 15 is 0 Å². The van der Waals surface area contributed by atoms with Gasteiger partial charge in [0.05, 0.1) is 31.5 Å². The summed E-state index contributed by atoms with van der Waals surface area (Å²) in [5.41, 5.74) is -0.473. The molecule has 6 nitrogen and oxygen atoms in total. The Bertz CT molecular complexity index is 387. The predicted molar refractivity (Wildman–Crippen MR) is 88.6 cm³/mol. The molecule has 0 aromatic carbocycles. The van der Waals surface area contributed by atoms with E-state index in [1.165, 1.54) is 0 Å². The monoisotopic (exact) mass is 328 g/mol. The number of hydrogen-bond donors (Lipinski definition) is 1. The number of ether oxygens (including phenoxy) is 3. The fraction of sp³-hybridized carbons (Fsp3) is 0.941. The maximum absolute atomic E-state index is 12.4. The number of morpholine rings is 1. The Morgan fingerprint density at radius 3 is 2.52 bits per heavy atom. The first-order valence-corrected chi connectivity index (χ1v) is 8.71. The van der Waals surface area contributed by atoms with Crippen LogP contribution in [0.25, 0.3) is 0 Å². The van der Waals surface area contributed by atoms with Gasteiger partial charge in [0, 0.05) is 19.1 Å². The summed E-state index contributed by atoms with van der Waals surface area (Å²) in [6, 6.07) is 0.447. The van der Waals surface area contributed by atoms with E-state index in [4.69, 9.17) is 14.2 Å². The first-order valence-electron chi connectivity index (χ1n) is 8.71. The Morgan fingerprint density at radius 2 is 1.91 bits per heavy atom. The second kappa shape index (κ2) is 7.81. The Labute approximate surface area is 139 Å². The van der Waals surface area contributed by atoms with Gasteiger partial charge < -0.3 is 19.5 Å². The van der Waals surface area contributed by atoms with Crippen LogP contribution in [0.4, 0.5) is 4.79 Å². The van der Waals surface area contributed by atoms with Gasteiger partial charge in [-0.1, -0.05) is 0 Å². The molecule has 2 heterocycles. The maximum atomic E-state index is 12.4. The number of carbonyl (C=O) groups is 1. The minimum Gasteiger partial charge on any atom is -0.444 e. The van der Waals surface area contributed by atoms with Gasteiger partial charge in [0.15, 0.2) is 0 Å².